The van der Waals surface area contributed by atoms with E-state index in [1.165, 1.54) is 0 Å². The molecule has 3 amide bonds. The third-order valence-electron chi connectivity index (χ3n) is 6.23. The van der Waals surface area contributed by atoms with Gasteiger partial charge in [-0.1, -0.05) is 24.3 Å². The smallest absolute Gasteiger partial charge is 0.323 e. The van der Waals surface area contributed by atoms with E-state index in [9.17, 15) is 23.2 Å². The van der Waals surface area contributed by atoms with Crippen molar-refractivity contribution in [3.8, 4) is 17.2 Å². The first-order chi connectivity index (χ1) is 15.1. The summed E-state index contributed by atoms with van der Waals surface area (Å²) in [5.74, 6) is -3.88. The largest absolute Gasteiger partial charge is 0.325 e. The van der Waals surface area contributed by atoms with Crippen LogP contribution < -0.4 is 5.32 Å². The highest BCUT2D eigenvalue weighted by Gasteiger charge is 2.55. The van der Waals surface area contributed by atoms with Gasteiger partial charge in [0, 0.05) is 18.4 Å². The molecule has 1 N–H and O–H groups in total. The second kappa shape index (κ2) is 7.83. The molecule has 1 heterocycles. The maximum atomic E-state index is 13.5. The van der Waals surface area contributed by atoms with Gasteiger partial charge in [0.1, 0.15) is 5.54 Å². The van der Waals surface area contributed by atoms with E-state index in [2.05, 4.69) is 11.4 Å². The predicted molar refractivity (Wildman–Crippen MR) is 112 cm³/mol. The number of hydrogen-bond acceptors (Lipinski definition) is 4. The average Bonchev–Trinajstić information content (AvgIpc) is 3.00. The SMILES string of the molecule is Cc1cc(C(=O)CN2C(=O)NC3(CCC(F)(F)CC3)C2=O)ccc1-c1cccc(C#N)c1. The monoisotopic (exact) mass is 437 g/mol. The fraction of sp³-hybridized carbons (Fsp3) is 0.333. The number of aryl methyl sites for hydroxylation is 1. The molecule has 0 atom stereocenters. The van der Waals surface area contributed by atoms with Crippen molar-refractivity contribution in [3.63, 3.8) is 0 Å². The van der Waals surface area contributed by atoms with Gasteiger partial charge in [-0.2, -0.15) is 5.26 Å². The van der Waals surface area contributed by atoms with Crippen LogP contribution in [0.3, 0.4) is 0 Å². The van der Waals surface area contributed by atoms with Crippen LogP contribution in [-0.4, -0.2) is 40.6 Å². The van der Waals surface area contributed by atoms with Gasteiger partial charge < -0.3 is 5.32 Å². The minimum Gasteiger partial charge on any atom is -0.323 e. The van der Waals surface area contributed by atoms with Crippen molar-refractivity contribution in [1.82, 2.24) is 10.2 Å². The number of nitrogens with zero attached hydrogens (tertiary/aromatic N) is 2. The van der Waals surface area contributed by atoms with E-state index < -0.39 is 48.6 Å². The van der Waals surface area contributed by atoms with Gasteiger partial charge in [-0.05, 0) is 54.7 Å². The number of alkyl halides is 2. The third-order valence-corrected chi connectivity index (χ3v) is 6.23. The van der Waals surface area contributed by atoms with E-state index in [4.69, 9.17) is 5.26 Å². The lowest BCUT2D eigenvalue weighted by atomic mass is 9.80. The average molecular weight is 437 g/mol. The molecule has 2 aromatic carbocycles. The number of carbonyl (C=O) groups excluding carboxylic acids is 3. The Morgan fingerprint density at radius 3 is 2.50 bits per heavy atom. The summed E-state index contributed by atoms with van der Waals surface area (Å²) in [6.45, 7) is 1.38. The predicted octanol–water partition coefficient (Wildman–Crippen LogP) is 4.22. The summed E-state index contributed by atoms with van der Waals surface area (Å²) in [5, 5.41) is 11.6. The minimum absolute atomic E-state index is 0.148. The number of nitriles is 1. The topological polar surface area (TPSA) is 90.3 Å². The van der Waals surface area contributed by atoms with Crippen LogP contribution in [0.1, 0.15) is 47.2 Å². The van der Waals surface area contributed by atoms with Crippen molar-refractivity contribution < 1.29 is 23.2 Å². The van der Waals surface area contributed by atoms with Crippen molar-refractivity contribution >= 4 is 17.7 Å². The Kier molecular flexibility index (Phi) is 5.29. The van der Waals surface area contributed by atoms with Crippen molar-refractivity contribution in [3.05, 3.63) is 59.2 Å². The number of urea groups is 1. The van der Waals surface area contributed by atoms with Crippen LogP contribution in [0.25, 0.3) is 11.1 Å². The van der Waals surface area contributed by atoms with Gasteiger partial charge in [0.25, 0.3) is 5.91 Å². The van der Waals surface area contributed by atoms with E-state index in [0.717, 1.165) is 21.6 Å². The molecule has 0 aromatic heterocycles. The van der Waals surface area contributed by atoms with Crippen LogP contribution in [0.5, 0.6) is 0 Å². The number of halogens is 2. The number of ketones is 1. The molecular formula is C24H21F2N3O3. The Morgan fingerprint density at radius 2 is 1.84 bits per heavy atom. The number of Topliss-reactive ketones (excluding diaryl/α,β-unsaturated/α-hetero) is 1. The van der Waals surface area contributed by atoms with E-state index in [-0.39, 0.29) is 12.8 Å². The van der Waals surface area contributed by atoms with Crippen molar-refractivity contribution in [1.29, 1.82) is 5.26 Å². The molecule has 0 bridgehead atoms. The number of amides is 3. The van der Waals surface area contributed by atoms with Crippen molar-refractivity contribution in [2.75, 3.05) is 6.54 Å². The fourth-order valence-corrected chi connectivity index (χ4v) is 4.35. The molecule has 1 aliphatic heterocycles. The maximum absolute atomic E-state index is 13.5. The third kappa shape index (κ3) is 3.86. The quantitative estimate of drug-likeness (QED) is 0.573. The van der Waals surface area contributed by atoms with E-state index in [0.29, 0.717) is 11.1 Å². The lowest BCUT2D eigenvalue weighted by Crippen LogP contribution is -2.51. The van der Waals surface area contributed by atoms with Gasteiger partial charge in [-0.15, -0.1) is 0 Å². The zero-order chi connectivity index (χ0) is 23.1. The standard InChI is InChI=1S/C24H21F2N3O3/c1-15-11-18(5-6-19(15)17-4-2-3-16(12-17)13-27)20(30)14-29-21(31)23(28-22(29)32)7-9-24(25,26)10-8-23/h2-6,11-12H,7-10,14H2,1H3,(H,28,32). The normalized spacial score (nSPS) is 19.0. The summed E-state index contributed by atoms with van der Waals surface area (Å²) in [7, 11) is 0. The summed E-state index contributed by atoms with van der Waals surface area (Å²) in [4.78, 5) is 38.9. The second-order valence-corrected chi connectivity index (χ2v) is 8.40. The van der Waals surface area contributed by atoms with Gasteiger partial charge >= 0.3 is 6.03 Å². The van der Waals surface area contributed by atoms with Gasteiger partial charge in [0.15, 0.2) is 5.78 Å². The minimum atomic E-state index is -2.84. The first-order valence-corrected chi connectivity index (χ1v) is 10.3. The number of carbonyl (C=O) groups is 3. The molecule has 2 fully saturated rings. The summed E-state index contributed by atoms with van der Waals surface area (Å²) in [6.07, 6.45) is -1.25. The molecular weight excluding hydrogens is 416 g/mol. The number of benzene rings is 2. The Balaban J connectivity index is 1.51. The first-order valence-electron chi connectivity index (χ1n) is 10.3. The Hall–Kier alpha value is -3.60. The van der Waals surface area contributed by atoms with Crippen LogP contribution in [-0.2, 0) is 4.79 Å². The van der Waals surface area contributed by atoms with Crippen LogP contribution >= 0.6 is 0 Å². The van der Waals surface area contributed by atoms with Gasteiger partial charge in [-0.3, -0.25) is 14.5 Å². The number of hydrogen-bond donors (Lipinski definition) is 1. The van der Waals surface area contributed by atoms with Crippen LogP contribution in [0.4, 0.5) is 13.6 Å². The zero-order valence-corrected chi connectivity index (χ0v) is 17.5. The summed E-state index contributed by atoms with van der Waals surface area (Å²) >= 11 is 0. The Bertz CT molecular complexity index is 1160. The summed E-state index contributed by atoms with van der Waals surface area (Å²) in [6, 6.07) is 13.5. The van der Waals surface area contributed by atoms with E-state index in [1.54, 1.807) is 36.4 Å². The van der Waals surface area contributed by atoms with Gasteiger partial charge in [0.05, 0.1) is 18.2 Å². The number of rotatable bonds is 4. The molecule has 0 unspecified atom stereocenters. The molecule has 1 saturated heterocycles. The highest BCUT2D eigenvalue weighted by molar-refractivity contribution is 6.11. The number of imide groups is 1. The molecule has 4 rings (SSSR count). The van der Waals surface area contributed by atoms with Gasteiger partial charge in [-0.25, -0.2) is 13.6 Å². The lowest BCUT2D eigenvalue weighted by molar-refractivity contribution is -0.135. The molecule has 1 aliphatic carbocycles. The van der Waals surface area contributed by atoms with E-state index >= 15 is 0 Å². The fourth-order valence-electron chi connectivity index (χ4n) is 4.35. The van der Waals surface area contributed by atoms with Crippen LogP contribution in [0.15, 0.2) is 42.5 Å². The van der Waals surface area contributed by atoms with Crippen molar-refractivity contribution in [2.45, 2.75) is 44.1 Å². The molecule has 1 spiro atoms. The summed E-state index contributed by atoms with van der Waals surface area (Å²) in [5.41, 5.74) is 2.01. The van der Waals surface area contributed by atoms with Crippen LogP contribution in [0, 0.1) is 18.3 Å². The molecule has 2 aromatic rings. The molecule has 164 valence electrons. The lowest BCUT2D eigenvalue weighted by Gasteiger charge is -2.34. The first kappa shape index (κ1) is 21.6. The molecule has 32 heavy (non-hydrogen) atoms. The molecule has 6 nitrogen and oxygen atoms in total. The highest BCUT2D eigenvalue weighted by atomic mass is 19.3. The molecule has 1 saturated carbocycles. The van der Waals surface area contributed by atoms with E-state index in [1.807, 2.05) is 13.0 Å². The molecule has 2 aliphatic rings. The van der Waals surface area contributed by atoms with Crippen LogP contribution in [0.2, 0.25) is 0 Å². The number of nitrogens with one attached hydrogen (secondary N) is 1. The van der Waals surface area contributed by atoms with Crippen molar-refractivity contribution in [2.24, 2.45) is 0 Å². The second-order valence-electron chi connectivity index (χ2n) is 8.40. The molecule has 0 radical (unpaired) electrons. The highest BCUT2D eigenvalue weighted by Crippen LogP contribution is 2.41. The Labute approximate surface area is 183 Å². The maximum Gasteiger partial charge on any atom is 0.325 e. The summed E-state index contributed by atoms with van der Waals surface area (Å²) < 4.78 is 27.0. The van der Waals surface area contributed by atoms with Gasteiger partial charge in [0.2, 0.25) is 5.92 Å². The Morgan fingerprint density at radius 1 is 1.12 bits per heavy atom. The molecule has 8 heteroatoms. The zero-order valence-electron chi connectivity index (χ0n) is 17.5.